The molecule has 4 rings (SSSR count). The summed E-state index contributed by atoms with van der Waals surface area (Å²) < 4.78 is 11.6. The van der Waals surface area contributed by atoms with Gasteiger partial charge in [-0.25, -0.2) is 0 Å². The first-order chi connectivity index (χ1) is 17.6. The molecule has 1 aromatic carbocycles. The lowest BCUT2D eigenvalue weighted by molar-refractivity contribution is -0.138. The molecule has 9 heteroatoms. The number of hydrogen-bond donors (Lipinski definition) is 1. The van der Waals surface area contributed by atoms with Crippen molar-refractivity contribution in [2.24, 2.45) is 11.7 Å². The fourth-order valence-electron chi connectivity index (χ4n) is 5.99. The molecule has 0 saturated carbocycles. The van der Waals surface area contributed by atoms with Crippen LogP contribution in [-0.4, -0.2) is 97.6 Å². The van der Waals surface area contributed by atoms with Crippen molar-refractivity contribution in [2.45, 2.75) is 71.2 Å². The number of ether oxygens (including phenoxy) is 2. The predicted octanol–water partition coefficient (Wildman–Crippen LogP) is 2.03. The number of benzene rings is 1. The van der Waals surface area contributed by atoms with Crippen LogP contribution in [0, 0.1) is 5.92 Å². The van der Waals surface area contributed by atoms with Crippen molar-refractivity contribution in [1.29, 1.82) is 0 Å². The molecule has 2 N–H and O–H groups in total. The Kier molecular flexibility index (Phi) is 8.56. The van der Waals surface area contributed by atoms with Crippen molar-refractivity contribution in [2.75, 3.05) is 50.8 Å². The number of ketones is 1. The molecule has 3 aliphatic heterocycles. The minimum Gasteiger partial charge on any atom is -0.374 e. The van der Waals surface area contributed by atoms with Gasteiger partial charge in [-0.1, -0.05) is 13.8 Å². The number of anilines is 1. The average Bonchev–Trinajstić information content (AvgIpc) is 3.42. The Morgan fingerprint density at radius 2 is 1.84 bits per heavy atom. The van der Waals surface area contributed by atoms with Gasteiger partial charge in [0.05, 0.1) is 12.5 Å². The van der Waals surface area contributed by atoms with Crippen LogP contribution in [0.1, 0.15) is 62.9 Å². The number of primary amides is 1. The number of amides is 2. The van der Waals surface area contributed by atoms with E-state index in [0.717, 1.165) is 31.9 Å². The Hall–Kier alpha value is -2.49. The first-order valence-corrected chi connectivity index (χ1v) is 13.6. The summed E-state index contributed by atoms with van der Waals surface area (Å²) in [6.45, 7) is 14.8. The Morgan fingerprint density at radius 1 is 1.14 bits per heavy atom. The van der Waals surface area contributed by atoms with Gasteiger partial charge in [-0.3, -0.25) is 19.3 Å². The smallest absolute Gasteiger partial charge is 0.249 e. The van der Waals surface area contributed by atoms with E-state index in [1.54, 1.807) is 11.0 Å². The molecule has 0 radical (unpaired) electrons. The van der Waals surface area contributed by atoms with Crippen LogP contribution >= 0.6 is 0 Å². The molecule has 3 aliphatic rings. The molecule has 0 spiro atoms. The number of fused-ring (bicyclic) bond motifs is 1. The minimum atomic E-state index is -0.650. The molecule has 0 unspecified atom stereocenters. The van der Waals surface area contributed by atoms with Crippen LogP contribution in [0.3, 0.4) is 0 Å². The third-order valence-corrected chi connectivity index (χ3v) is 7.89. The van der Waals surface area contributed by atoms with Gasteiger partial charge in [-0.2, -0.15) is 0 Å². The van der Waals surface area contributed by atoms with Crippen molar-refractivity contribution >= 4 is 23.3 Å². The zero-order valence-corrected chi connectivity index (χ0v) is 22.8. The maximum absolute atomic E-state index is 14.2. The number of nitrogens with zero attached hydrogens (tertiary/aromatic N) is 3. The lowest BCUT2D eigenvalue weighted by atomic mass is 9.85. The van der Waals surface area contributed by atoms with Gasteiger partial charge in [0.2, 0.25) is 11.8 Å². The molecule has 1 aromatic rings. The molecule has 4 atom stereocenters. The van der Waals surface area contributed by atoms with E-state index in [2.05, 4.69) is 37.5 Å². The van der Waals surface area contributed by atoms with Gasteiger partial charge in [0.15, 0.2) is 5.78 Å². The van der Waals surface area contributed by atoms with E-state index in [0.29, 0.717) is 36.7 Å². The highest BCUT2D eigenvalue weighted by molar-refractivity contribution is 5.99. The van der Waals surface area contributed by atoms with E-state index >= 15 is 0 Å². The van der Waals surface area contributed by atoms with E-state index < -0.39 is 24.0 Å². The number of piperazine rings is 1. The Labute approximate surface area is 220 Å². The van der Waals surface area contributed by atoms with E-state index in [9.17, 15) is 14.4 Å². The highest BCUT2D eigenvalue weighted by atomic mass is 16.6. The summed E-state index contributed by atoms with van der Waals surface area (Å²) in [6, 6.07) is 5.49. The quantitative estimate of drug-likeness (QED) is 0.538. The van der Waals surface area contributed by atoms with Crippen molar-refractivity contribution in [1.82, 2.24) is 9.80 Å². The standard InChI is InChI=1S/C28H42N4O5/c1-6-36-24-15-32(25-23(33)16-37-26(24)25)28(35)22(13-17(2)3)21-14-19(7-8-20(21)27(29)34)31-11-9-30(10-12-31)18(4)5/h7-8,14,17-18,22,24-26H,6,9-13,15-16H2,1-5H3,(H2,29,34)/t22-,24-,25+,26+/m0/s1. The van der Waals surface area contributed by atoms with Gasteiger partial charge in [0.25, 0.3) is 0 Å². The van der Waals surface area contributed by atoms with Crippen LogP contribution in [-0.2, 0) is 19.1 Å². The zero-order valence-electron chi connectivity index (χ0n) is 22.8. The minimum absolute atomic E-state index is 0.0120. The number of nitrogens with two attached hydrogens (primary N) is 1. The molecule has 3 saturated heterocycles. The molecular weight excluding hydrogens is 472 g/mol. The highest BCUT2D eigenvalue weighted by Gasteiger charge is 2.53. The molecule has 3 fully saturated rings. The molecule has 2 amide bonds. The summed E-state index contributed by atoms with van der Waals surface area (Å²) in [5.41, 5.74) is 7.78. The summed E-state index contributed by atoms with van der Waals surface area (Å²) in [5.74, 6) is -1.25. The Morgan fingerprint density at radius 3 is 2.43 bits per heavy atom. The fourth-order valence-corrected chi connectivity index (χ4v) is 5.99. The maximum Gasteiger partial charge on any atom is 0.249 e. The molecule has 0 aromatic heterocycles. The SMILES string of the molecule is CCO[C@H]1CN(C(=O)[C@@H](CC(C)C)c2cc(N3CCN(C(C)C)CC3)ccc2C(N)=O)[C@@H]2C(=O)CO[C@H]12. The highest BCUT2D eigenvalue weighted by Crippen LogP contribution is 2.37. The summed E-state index contributed by atoms with van der Waals surface area (Å²) >= 11 is 0. The van der Waals surface area contributed by atoms with Gasteiger partial charge in [-0.05, 0) is 56.9 Å². The first-order valence-electron chi connectivity index (χ1n) is 13.6. The van der Waals surface area contributed by atoms with Crippen LogP contribution in [0.4, 0.5) is 5.69 Å². The van der Waals surface area contributed by atoms with Crippen LogP contribution in [0.2, 0.25) is 0 Å². The lowest BCUT2D eigenvalue weighted by Crippen LogP contribution is -2.49. The summed E-state index contributed by atoms with van der Waals surface area (Å²) in [6.07, 6.45) is -0.258. The van der Waals surface area contributed by atoms with Crippen LogP contribution in [0.15, 0.2) is 18.2 Å². The van der Waals surface area contributed by atoms with E-state index in [4.69, 9.17) is 15.2 Å². The normalized spacial score (nSPS) is 25.3. The summed E-state index contributed by atoms with van der Waals surface area (Å²) in [4.78, 5) is 45.8. The summed E-state index contributed by atoms with van der Waals surface area (Å²) in [7, 11) is 0. The topological polar surface area (TPSA) is 105 Å². The second kappa shape index (κ2) is 11.5. The van der Waals surface area contributed by atoms with Crippen LogP contribution in [0.25, 0.3) is 0 Å². The number of carbonyl (C=O) groups excluding carboxylic acids is 3. The third-order valence-electron chi connectivity index (χ3n) is 7.89. The Balaban J connectivity index is 1.68. The fraction of sp³-hybridized carbons (Fsp3) is 0.679. The van der Waals surface area contributed by atoms with Crippen molar-refractivity contribution < 1.29 is 23.9 Å². The number of rotatable bonds is 9. The molecule has 9 nitrogen and oxygen atoms in total. The van der Waals surface area contributed by atoms with Crippen molar-refractivity contribution in [3.63, 3.8) is 0 Å². The maximum atomic E-state index is 14.2. The van der Waals surface area contributed by atoms with Gasteiger partial charge in [0.1, 0.15) is 24.9 Å². The number of Topliss-reactive ketones (excluding diaryl/α,β-unsaturated/α-hetero) is 1. The van der Waals surface area contributed by atoms with E-state index in [1.807, 2.05) is 19.1 Å². The van der Waals surface area contributed by atoms with Gasteiger partial charge in [-0.15, -0.1) is 0 Å². The van der Waals surface area contributed by atoms with Crippen LogP contribution < -0.4 is 10.6 Å². The van der Waals surface area contributed by atoms with Gasteiger partial charge >= 0.3 is 0 Å². The van der Waals surface area contributed by atoms with Crippen LogP contribution in [0.5, 0.6) is 0 Å². The Bertz CT molecular complexity index is 1000. The molecular formula is C28H42N4O5. The van der Waals surface area contributed by atoms with Gasteiger partial charge in [0, 0.05) is 50.1 Å². The predicted molar refractivity (Wildman–Crippen MR) is 142 cm³/mol. The molecule has 0 bridgehead atoms. The molecule has 37 heavy (non-hydrogen) atoms. The third kappa shape index (κ3) is 5.68. The summed E-state index contributed by atoms with van der Waals surface area (Å²) in [5, 5.41) is 0. The van der Waals surface area contributed by atoms with Gasteiger partial charge < -0.3 is 25.0 Å². The monoisotopic (exact) mass is 514 g/mol. The van der Waals surface area contributed by atoms with E-state index in [-0.39, 0.29) is 30.3 Å². The number of likely N-dealkylation sites (tertiary alicyclic amines) is 1. The molecule has 0 aliphatic carbocycles. The van der Waals surface area contributed by atoms with Crippen molar-refractivity contribution in [3.05, 3.63) is 29.3 Å². The lowest BCUT2D eigenvalue weighted by Gasteiger charge is -2.38. The van der Waals surface area contributed by atoms with E-state index in [1.165, 1.54) is 0 Å². The molecule has 3 heterocycles. The average molecular weight is 515 g/mol. The largest absolute Gasteiger partial charge is 0.374 e. The number of carbonyl (C=O) groups is 3. The second-order valence-corrected chi connectivity index (χ2v) is 11.1. The first kappa shape index (κ1) is 27.5. The zero-order chi connectivity index (χ0) is 26.9. The van der Waals surface area contributed by atoms with Crippen molar-refractivity contribution in [3.8, 4) is 0 Å². The molecule has 204 valence electrons. The number of hydrogen-bond acceptors (Lipinski definition) is 7. The second-order valence-electron chi connectivity index (χ2n) is 11.1.